The Bertz CT molecular complexity index is 1790. The molecule has 0 bridgehead atoms. The quantitative estimate of drug-likeness (QED) is 0.0769. The first-order chi connectivity index (χ1) is 20.3. The standard InChI is InChI=1S/C28H22Cl2N6O5S/c1-17-22(21-4-2-3-5-24(21)35(17)14-18-6-9-20(10-7-18)36(38)39)13-31-32-26(37)16-42-28-34-33-27(41-28)15-40-25-11-8-19(29)12-23(25)30/h2-13H,14-16H2,1H3,(H,32,37)/b31-13-. The van der Waals surface area contributed by atoms with Crippen LogP contribution in [-0.4, -0.2) is 37.6 Å². The smallest absolute Gasteiger partial charge is 0.277 e. The Labute approximate surface area is 253 Å². The van der Waals surface area contributed by atoms with Crippen molar-refractivity contribution in [2.45, 2.75) is 25.3 Å². The van der Waals surface area contributed by atoms with E-state index in [4.69, 9.17) is 32.4 Å². The van der Waals surface area contributed by atoms with Gasteiger partial charge in [-0.3, -0.25) is 14.9 Å². The minimum absolute atomic E-state index is 0.00253. The summed E-state index contributed by atoms with van der Waals surface area (Å²) in [4.78, 5) is 23.0. The highest BCUT2D eigenvalue weighted by atomic mass is 35.5. The molecule has 11 nitrogen and oxygen atoms in total. The number of hydrazone groups is 1. The molecule has 1 amide bonds. The van der Waals surface area contributed by atoms with Crippen LogP contribution in [-0.2, 0) is 17.9 Å². The second-order valence-corrected chi connectivity index (χ2v) is 10.7. The van der Waals surface area contributed by atoms with Crippen LogP contribution in [0.4, 0.5) is 5.69 Å². The number of benzene rings is 3. The molecule has 14 heteroatoms. The number of aromatic nitrogens is 3. The summed E-state index contributed by atoms with van der Waals surface area (Å²) in [6.45, 7) is 2.48. The monoisotopic (exact) mass is 624 g/mol. The number of nitro benzene ring substituents is 1. The molecule has 5 aromatic rings. The second-order valence-electron chi connectivity index (χ2n) is 8.93. The van der Waals surface area contributed by atoms with E-state index in [9.17, 15) is 14.9 Å². The van der Waals surface area contributed by atoms with E-state index >= 15 is 0 Å². The maximum Gasteiger partial charge on any atom is 0.277 e. The minimum atomic E-state index is -0.420. The fraction of sp³-hybridized carbons (Fsp3) is 0.143. The van der Waals surface area contributed by atoms with Gasteiger partial charge in [0, 0.05) is 45.9 Å². The topological polar surface area (TPSA) is 138 Å². The maximum absolute atomic E-state index is 12.4. The fourth-order valence-electron chi connectivity index (χ4n) is 4.15. The predicted molar refractivity (Wildman–Crippen MR) is 160 cm³/mol. The van der Waals surface area contributed by atoms with E-state index in [-0.39, 0.29) is 35.1 Å². The lowest BCUT2D eigenvalue weighted by molar-refractivity contribution is -0.384. The molecule has 5 rings (SSSR count). The lowest BCUT2D eigenvalue weighted by Crippen LogP contribution is -2.19. The van der Waals surface area contributed by atoms with Gasteiger partial charge in [-0.25, -0.2) is 5.43 Å². The van der Waals surface area contributed by atoms with Crippen molar-refractivity contribution in [1.82, 2.24) is 20.2 Å². The number of thioether (sulfide) groups is 1. The second kappa shape index (κ2) is 13.1. The van der Waals surface area contributed by atoms with Crippen molar-refractivity contribution in [2.24, 2.45) is 5.10 Å². The Hall–Kier alpha value is -4.39. The molecule has 0 aliphatic heterocycles. The number of rotatable bonds is 11. The first-order valence-corrected chi connectivity index (χ1v) is 14.2. The molecule has 0 spiro atoms. The van der Waals surface area contributed by atoms with Gasteiger partial charge in [0.05, 0.1) is 21.9 Å². The molecule has 0 saturated heterocycles. The summed E-state index contributed by atoms with van der Waals surface area (Å²) in [6.07, 6.45) is 1.61. The molecule has 3 aromatic carbocycles. The Morgan fingerprint density at radius 3 is 2.71 bits per heavy atom. The van der Waals surface area contributed by atoms with Crippen LogP contribution in [0.25, 0.3) is 10.9 Å². The fourth-order valence-corrected chi connectivity index (χ4v) is 5.18. The molecule has 1 N–H and O–H groups in total. The number of fused-ring (bicyclic) bond motifs is 1. The van der Waals surface area contributed by atoms with Gasteiger partial charge in [0.15, 0.2) is 6.61 Å². The summed E-state index contributed by atoms with van der Waals surface area (Å²) in [6, 6.07) is 19.2. The molecule has 0 fully saturated rings. The minimum Gasteiger partial charge on any atom is -0.482 e. The lowest BCUT2D eigenvalue weighted by Gasteiger charge is -2.08. The molecule has 214 valence electrons. The zero-order valence-corrected chi connectivity index (χ0v) is 24.3. The third kappa shape index (κ3) is 6.90. The number of ether oxygens (including phenoxy) is 1. The van der Waals surface area contributed by atoms with Crippen molar-refractivity contribution < 1.29 is 18.9 Å². The number of halogens is 2. The molecular formula is C28H22Cl2N6O5S. The van der Waals surface area contributed by atoms with Gasteiger partial charge in [0.2, 0.25) is 0 Å². The van der Waals surface area contributed by atoms with Gasteiger partial charge >= 0.3 is 0 Å². The first-order valence-electron chi connectivity index (χ1n) is 12.4. The Morgan fingerprint density at radius 1 is 1.17 bits per heavy atom. The number of para-hydroxylation sites is 1. The van der Waals surface area contributed by atoms with Crippen LogP contribution in [0.2, 0.25) is 10.0 Å². The van der Waals surface area contributed by atoms with Gasteiger partial charge < -0.3 is 13.7 Å². The molecule has 0 aliphatic rings. The van der Waals surface area contributed by atoms with Crippen LogP contribution in [0.15, 0.2) is 81.5 Å². The largest absolute Gasteiger partial charge is 0.482 e. The molecule has 0 radical (unpaired) electrons. The van der Waals surface area contributed by atoms with Crippen molar-refractivity contribution in [1.29, 1.82) is 0 Å². The van der Waals surface area contributed by atoms with Crippen LogP contribution >= 0.6 is 35.0 Å². The summed E-state index contributed by atoms with van der Waals surface area (Å²) in [7, 11) is 0. The normalized spacial score (nSPS) is 11.3. The summed E-state index contributed by atoms with van der Waals surface area (Å²) < 4.78 is 13.2. The summed E-state index contributed by atoms with van der Waals surface area (Å²) in [5.41, 5.74) is 6.25. The van der Waals surface area contributed by atoms with Crippen molar-refractivity contribution in [3.05, 3.63) is 110 Å². The Balaban J connectivity index is 1.18. The number of nitrogens with one attached hydrogen (secondary N) is 1. The third-order valence-corrected chi connectivity index (χ3v) is 7.52. The highest BCUT2D eigenvalue weighted by Gasteiger charge is 2.15. The van der Waals surface area contributed by atoms with Crippen molar-refractivity contribution >= 4 is 63.7 Å². The number of carbonyl (C=O) groups excluding carboxylic acids is 1. The zero-order valence-electron chi connectivity index (χ0n) is 22.0. The van der Waals surface area contributed by atoms with Gasteiger partial charge in [-0.2, -0.15) is 5.10 Å². The third-order valence-electron chi connectivity index (χ3n) is 6.17. The summed E-state index contributed by atoms with van der Waals surface area (Å²) >= 11 is 13.0. The number of nitro groups is 1. The molecule has 0 saturated carbocycles. The maximum atomic E-state index is 12.4. The lowest BCUT2D eigenvalue weighted by atomic mass is 10.1. The predicted octanol–water partition coefficient (Wildman–Crippen LogP) is 6.42. The van der Waals surface area contributed by atoms with Crippen LogP contribution < -0.4 is 10.2 Å². The van der Waals surface area contributed by atoms with Crippen molar-refractivity contribution in [3.63, 3.8) is 0 Å². The molecule has 2 heterocycles. The Kier molecular flexibility index (Phi) is 9.06. The number of hydrogen-bond acceptors (Lipinski definition) is 9. The van der Waals surface area contributed by atoms with E-state index in [2.05, 4.69) is 25.3 Å². The average molecular weight is 625 g/mol. The van der Waals surface area contributed by atoms with Gasteiger partial charge in [-0.1, -0.05) is 65.3 Å². The average Bonchev–Trinajstić information content (AvgIpc) is 3.54. The number of hydrogen-bond donors (Lipinski definition) is 1. The highest BCUT2D eigenvalue weighted by Crippen LogP contribution is 2.29. The number of nitrogens with zero attached hydrogens (tertiary/aromatic N) is 5. The van der Waals surface area contributed by atoms with Gasteiger partial charge in [0.1, 0.15) is 5.75 Å². The summed E-state index contributed by atoms with van der Waals surface area (Å²) in [5, 5.41) is 25.0. The van der Waals surface area contributed by atoms with Gasteiger partial charge in [-0.15, -0.1) is 10.2 Å². The van der Waals surface area contributed by atoms with Gasteiger partial charge in [0.25, 0.3) is 22.7 Å². The van der Waals surface area contributed by atoms with E-state index < -0.39 is 4.92 Å². The van der Waals surface area contributed by atoms with E-state index in [1.165, 1.54) is 12.1 Å². The van der Waals surface area contributed by atoms with Crippen LogP contribution in [0, 0.1) is 17.0 Å². The van der Waals surface area contributed by atoms with E-state index in [0.29, 0.717) is 22.3 Å². The molecular weight excluding hydrogens is 603 g/mol. The van der Waals surface area contributed by atoms with E-state index in [1.807, 2.05) is 31.2 Å². The number of carbonyl (C=O) groups is 1. The highest BCUT2D eigenvalue weighted by molar-refractivity contribution is 7.99. The number of non-ortho nitro benzene ring substituents is 1. The molecule has 0 unspecified atom stereocenters. The van der Waals surface area contributed by atoms with Crippen molar-refractivity contribution in [2.75, 3.05) is 5.75 Å². The molecule has 42 heavy (non-hydrogen) atoms. The molecule has 0 aliphatic carbocycles. The van der Waals surface area contributed by atoms with Crippen molar-refractivity contribution in [3.8, 4) is 5.75 Å². The molecule has 0 atom stereocenters. The van der Waals surface area contributed by atoms with Crippen LogP contribution in [0.1, 0.15) is 22.7 Å². The van der Waals surface area contributed by atoms with E-state index in [1.54, 1.807) is 36.5 Å². The van der Waals surface area contributed by atoms with Crippen LogP contribution in [0.3, 0.4) is 0 Å². The first kappa shape index (κ1) is 29.1. The summed E-state index contributed by atoms with van der Waals surface area (Å²) in [5.74, 6) is 0.300. The Morgan fingerprint density at radius 2 is 1.95 bits per heavy atom. The van der Waals surface area contributed by atoms with Gasteiger partial charge in [-0.05, 0) is 36.8 Å². The zero-order chi connectivity index (χ0) is 29.6. The van der Waals surface area contributed by atoms with Crippen LogP contribution in [0.5, 0.6) is 5.75 Å². The molecule has 2 aromatic heterocycles. The number of amides is 1. The van der Waals surface area contributed by atoms with E-state index in [0.717, 1.165) is 39.5 Å². The SMILES string of the molecule is Cc1c(/C=N\NC(=O)CSc2nnc(COc3ccc(Cl)cc3Cl)o2)c2ccccc2n1Cc1ccc([N+](=O)[O-])cc1.